The van der Waals surface area contributed by atoms with Gasteiger partial charge >= 0.3 is 6.03 Å². The van der Waals surface area contributed by atoms with Crippen LogP contribution in [0.3, 0.4) is 0 Å². The fraction of sp³-hybridized carbons (Fsp3) is 0.0909. The van der Waals surface area contributed by atoms with E-state index in [-0.39, 0.29) is 6.03 Å². The molecule has 2 aromatic rings. The lowest BCUT2D eigenvalue weighted by Crippen LogP contribution is -2.28. The summed E-state index contributed by atoms with van der Waals surface area (Å²) in [5, 5.41) is 5.36. The number of benzene rings is 1. The van der Waals surface area contributed by atoms with Gasteiger partial charge in [-0.25, -0.2) is 9.78 Å². The molecule has 0 saturated carbocycles. The van der Waals surface area contributed by atoms with Gasteiger partial charge < -0.3 is 15.1 Å². The molecule has 0 aliphatic heterocycles. The molecule has 2 rings (SSSR count). The molecule has 0 atom stereocenters. The van der Waals surface area contributed by atoms with Crippen LogP contribution in [0.5, 0.6) is 0 Å². The number of hydrogen-bond acceptors (Lipinski definition) is 3. The van der Waals surface area contributed by atoms with Gasteiger partial charge in [0.1, 0.15) is 6.26 Å². The first-order valence-electron chi connectivity index (χ1n) is 4.81. The van der Waals surface area contributed by atoms with E-state index in [4.69, 9.17) is 4.42 Å². The number of nitrogens with one attached hydrogen (secondary N) is 2. The van der Waals surface area contributed by atoms with Crippen LogP contribution in [0.1, 0.15) is 5.69 Å². The summed E-state index contributed by atoms with van der Waals surface area (Å²) < 4.78 is 4.78. The molecule has 2 N–H and O–H groups in total. The maximum atomic E-state index is 11.4. The maximum Gasteiger partial charge on any atom is 0.319 e. The highest BCUT2D eigenvalue weighted by molar-refractivity contribution is 5.89. The van der Waals surface area contributed by atoms with Gasteiger partial charge in [-0.2, -0.15) is 0 Å². The van der Waals surface area contributed by atoms with Crippen molar-refractivity contribution in [1.29, 1.82) is 0 Å². The molecular weight excluding hydrogens is 206 g/mol. The number of nitrogens with zero attached hydrogens (tertiary/aromatic N) is 1. The van der Waals surface area contributed by atoms with Crippen LogP contribution in [0.2, 0.25) is 0 Å². The normalized spacial score (nSPS) is 9.75. The largest absolute Gasteiger partial charge is 0.451 e. The van der Waals surface area contributed by atoms with Crippen molar-refractivity contribution in [2.75, 3.05) is 5.32 Å². The summed E-state index contributed by atoms with van der Waals surface area (Å²) in [4.78, 5) is 15.3. The van der Waals surface area contributed by atoms with Crippen molar-refractivity contribution >= 4 is 11.7 Å². The Morgan fingerprint density at radius 1 is 1.31 bits per heavy atom. The molecule has 0 unspecified atom stereocenters. The second kappa shape index (κ2) is 4.97. The molecule has 16 heavy (non-hydrogen) atoms. The van der Waals surface area contributed by atoms with Crippen molar-refractivity contribution < 1.29 is 9.21 Å². The fourth-order valence-corrected chi connectivity index (χ4v) is 1.19. The van der Waals surface area contributed by atoms with E-state index in [0.717, 1.165) is 5.69 Å². The van der Waals surface area contributed by atoms with Gasteiger partial charge in [0.25, 0.3) is 0 Å². The third-order valence-electron chi connectivity index (χ3n) is 1.95. The van der Waals surface area contributed by atoms with Gasteiger partial charge in [-0.3, -0.25) is 0 Å². The molecule has 1 aromatic heterocycles. The Balaban J connectivity index is 1.81. The number of carbonyl (C=O) groups excluding carboxylic acids is 1. The molecule has 0 radical (unpaired) electrons. The second-order valence-corrected chi connectivity index (χ2v) is 3.15. The van der Waals surface area contributed by atoms with Crippen LogP contribution in [0.15, 0.2) is 47.4 Å². The Labute approximate surface area is 92.5 Å². The van der Waals surface area contributed by atoms with E-state index in [2.05, 4.69) is 15.6 Å². The number of rotatable bonds is 3. The first-order valence-corrected chi connectivity index (χ1v) is 4.81. The van der Waals surface area contributed by atoms with Crippen LogP contribution in [-0.2, 0) is 6.54 Å². The first kappa shape index (κ1) is 10.2. The van der Waals surface area contributed by atoms with Crippen molar-refractivity contribution in [1.82, 2.24) is 10.3 Å². The minimum Gasteiger partial charge on any atom is -0.451 e. The third-order valence-corrected chi connectivity index (χ3v) is 1.95. The molecule has 82 valence electrons. The van der Waals surface area contributed by atoms with Crippen LogP contribution in [0, 0.1) is 0 Å². The molecule has 0 spiro atoms. The molecule has 0 bridgehead atoms. The summed E-state index contributed by atoms with van der Waals surface area (Å²) in [5.74, 6) is 0. The van der Waals surface area contributed by atoms with Gasteiger partial charge in [-0.1, -0.05) is 18.2 Å². The zero-order chi connectivity index (χ0) is 11.2. The third kappa shape index (κ3) is 2.84. The van der Waals surface area contributed by atoms with E-state index in [1.807, 2.05) is 30.3 Å². The number of oxazole rings is 1. The molecule has 0 fully saturated rings. The molecule has 5 heteroatoms. The van der Waals surface area contributed by atoms with Gasteiger partial charge in [0.2, 0.25) is 0 Å². The Morgan fingerprint density at radius 2 is 2.12 bits per heavy atom. The lowest BCUT2D eigenvalue weighted by Gasteiger charge is -2.05. The summed E-state index contributed by atoms with van der Waals surface area (Å²) in [5.41, 5.74) is 1.43. The topological polar surface area (TPSA) is 67.2 Å². The average molecular weight is 217 g/mol. The van der Waals surface area contributed by atoms with E-state index < -0.39 is 0 Å². The van der Waals surface area contributed by atoms with Crippen LogP contribution < -0.4 is 10.6 Å². The minimum atomic E-state index is -0.269. The monoisotopic (exact) mass is 217 g/mol. The standard InChI is InChI=1S/C11H11N3O2/c15-11(12-6-10-7-16-8-13-10)14-9-4-2-1-3-5-9/h1-5,7-8H,6H2,(H2,12,14,15). The van der Waals surface area contributed by atoms with E-state index in [9.17, 15) is 4.79 Å². The lowest BCUT2D eigenvalue weighted by atomic mass is 10.3. The van der Waals surface area contributed by atoms with Gasteiger partial charge in [0.15, 0.2) is 6.39 Å². The van der Waals surface area contributed by atoms with Gasteiger partial charge in [-0.15, -0.1) is 0 Å². The zero-order valence-electron chi connectivity index (χ0n) is 8.51. The highest BCUT2D eigenvalue weighted by Crippen LogP contribution is 2.04. The quantitative estimate of drug-likeness (QED) is 0.826. The number of hydrogen-bond donors (Lipinski definition) is 2. The lowest BCUT2D eigenvalue weighted by molar-refractivity contribution is 0.251. The molecule has 5 nitrogen and oxygen atoms in total. The van der Waals surface area contributed by atoms with Crippen LogP contribution in [-0.4, -0.2) is 11.0 Å². The van der Waals surface area contributed by atoms with E-state index in [0.29, 0.717) is 12.2 Å². The van der Waals surface area contributed by atoms with Gasteiger partial charge in [0, 0.05) is 5.69 Å². The predicted molar refractivity (Wildman–Crippen MR) is 58.8 cm³/mol. The van der Waals surface area contributed by atoms with Crippen molar-refractivity contribution in [3.63, 3.8) is 0 Å². The van der Waals surface area contributed by atoms with Gasteiger partial charge in [-0.05, 0) is 12.1 Å². The van der Waals surface area contributed by atoms with E-state index >= 15 is 0 Å². The van der Waals surface area contributed by atoms with Crippen LogP contribution in [0.4, 0.5) is 10.5 Å². The molecule has 2 amide bonds. The van der Waals surface area contributed by atoms with Crippen molar-refractivity contribution in [3.8, 4) is 0 Å². The Morgan fingerprint density at radius 3 is 2.81 bits per heavy atom. The number of aromatic nitrogens is 1. The minimum absolute atomic E-state index is 0.269. The highest BCUT2D eigenvalue weighted by Gasteiger charge is 2.01. The van der Waals surface area contributed by atoms with Crippen molar-refractivity contribution in [3.05, 3.63) is 48.7 Å². The van der Waals surface area contributed by atoms with Crippen LogP contribution in [0.25, 0.3) is 0 Å². The predicted octanol–water partition coefficient (Wildman–Crippen LogP) is 2.00. The van der Waals surface area contributed by atoms with E-state index in [1.54, 1.807) is 0 Å². The van der Waals surface area contributed by atoms with E-state index in [1.165, 1.54) is 12.7 Å². The molecule has 0 aliphatic rings. The van der Waals surface area contributed by atoms with Crippen molar-refractivity contribution in [2.24, 2.45) is 0 Å². The number of amides is 2. The average Bonchev–Trinajstić information content (AvgIpc) is 2.81. The second-order valence-electron chi connectivity index (χ2n) is 3.15. The highest BCUT2D eigenvalue weighted by atomic mass is 16.3. The number of anilines is 1. The smallest absolute Gasteiger partial charge is 0.319 e. The number of para-hydroxylation sites is 1. The molecule has 1 heterocycles. The molecule has 1 aromatic carbocycles. The zero-order valence-corrected chi connectivity index (χ0v) is 8.51. The fourth-order valence-electron chi connectivity index (χ4n) is 1.19. The Hall–Kier alpha value is -2.30. The number of carbonyl (C=O) groups is 1. The molecule has 0 saturated heterocycles. The summed E-state index contributed by atoms with van der Waals surface area (Å²) in [6.45, 7) is 0.342. The summed E-state index contributed by atoms with van der Waals surface area (Å²) in [6.07, 6.45) is 2.81. The summed E-state index contributed by atoms with van der Waals surface area (Å²) in [7, 11) is 0. The SMILES string of the molecule is O=C(NCc1cocn1)Nc1ccccc1. The maximum absolute atomic E-state index is 11.4. The molecule has 0 aliphatic carbocycles. The number of urea groups is 1. The molecular formula is C11H11N3O2. The summed E-state index contributed by atoms with van der Waals surface area (Å²) >= 11 is 0. The Kier molecular flexibility index (Phi) is 3.18. The Bertz CT molecular complexity index is 440. The van der Waals surface area contributed by atoms with Gasteiger partial charge in [0.05, 0.1) is 12.2 Å². The van der Waals surface area contributed by atoms with Crippen LogP contribution >= 0.6 is 0 Å². The first-order chi connectivity index (χ1) is 7.84. The summed E-state index contributed by atoms with van der Waals surface area (Å²) in [6, 6.07) is 8.96. The van der Waals surface area contributed by atoms with Crippen molar-refractivity contribution in [2.45, 2.75) is 6.54 Å².